The Morgan fingerprint density at radius 1 is 1.26 bits per heavy atom. The summed E-state index contributed by atoms with van der Waals surface area (Å²) in [5.41, 5.74) is 2.78. The largest absolute Gasteiger partial charge is 0.394 e. The van der Waals surface area contributed by atoms with Crippen molar-refractivity contribution in [1.29, 1.82) is 0 Å². The molecule has 0 spiro atoms. The molecule has 3 rings (SSSR count). The smallest absolute Gasteiger partial charge is 0.257 e. The van der Waals surface area contributed by atoms with E-state index >= 15 is 0 Å². The number of aliphatic hydroxyl groups excluding tert-OH is 2. The highest BCUT2D eigenvalue weighted by atomic mass is 16.3. The van der Waals surface area contributed by atoms with E-state index in [9.17, 15) is 9.90 Å². The number of nitrogens with zero attached hydrogens (tertiary/aromatic N) is 1. The van der Waals surface area contributed by atoms with Crippen LogP contribution in [0, 0.1) is 0 Å². The predicted molar refractivity (Wildman–Crippen MR) is 88.8 cm³/mol. The van der Waals surface area contributed by atoms with Crippen molar-refractivity contribution in [2.45, 2.75) is 6.10 Å². The quantitative estimate of drug-likeness (QED) is 0.625. The van der Waals surface area contributed by atoms with Crippen LogP contribution in [-0.4, -0.2) is 40.4 Å². The van der Waals surface area contributed by atoms with E-state index in [2.05, 4.69) is 15.6 Å². The molecular formula is C17H17N3O3. The summed E-state index contributed by atoms with van der Waals surface area (Å²) in [4.78, 5) is 16.4. The molecule has 0 bridgehead atoms. The highest BCUT2D eigenvalue weighted by Crippen LogP contribution is 2.36. The standard InChI is InChI=1S/C17H17N3O3/c21-10-12(22)9-19-14-6-7-18-16-15(14)13(17(23)20-16)8-11-4-2-1-3-5-11/h1-8,12,21-22H,9-10H2,(H2,18,19,20,23). The molecule has 0 aliphatic carbocycles. The van der Waals surface area contributed by atoms with Crippen LogP contribution < -0.4 is 10.6 Å². The van der Waals surface area contributed by atoms with Gasteiger partial charge in [-0.1, -0.05) is 30.3 Å². The monoisotopic (exact) mass is 311 g/mol. The Morgan fingerprint density at radius 2 is 2.04 bits per heavy atom. The average Bonchev–Trinajstić information content (AvgIpc) is 2.90. The Kier molecular flexibility index (Phi) is 4.36. The van der Waals surface area contributed by atoms with Gasteiger partial charge in [0.15, 0.2) is 0 Å². The molecule has 0 saturated heterocycles. The number of fused-ring (bicyclic) bond motifs is 1. The van der Waals surface area contributed by atoms with Crippen molar-refractivity contribution in [3.8, 4) is 0 Å². The predicted octanol–water partition coefficient (Wildman–Crippen LogP) is 1.34. The molecular weight excluding hydrogens is 294 g/mol. The summed E-state index contributed by atoms with van der Waals surface area (Å²) in [6, 6.07) is 11.3. The van der Waals surface area contributed by atoms with Gasteiger partial charge in [-0.2, -0.15) is 0 Å². The molecule has 1 aliphatic heterocycles. The second kappa shape index (κ2) is 6.60. The molecule has 6 nitrogen and oxygen atoms in total. The van der Waals surface area contributed by atoms with Crippen LogP contribution in [0.1, 0.15) is 11.1 Å². The van der Waals surface area contributed by atoms with Gasteiger partial charge >= 0.3 is 0 Å². The molecule has 0 saturated carbocycles. The average molecular weight is 311 g/mol. The first-order valence-electron chi connectivity index (χ1n) is 7.29. The van der Waals surface area contributed by atoms with Gasteiger partial charge in [0.1, 0.15) is 5.82 Å². The fraction of sp³-hybridized carbons (Fsp3) is 0.176. The second-order valence-corrected chi connectivity index (χ2v) is 5.22. The Hall–Kier alpha value is -2.70. The number of anilines is 2. The van der Waals surface area contributed by atoms with Crippen LogP contribution in [0.5, 0.6) is 0 Å². The number of hydrogen-bond acceptors (Lipinski definition) is 5. The Bertz CT molecular complexity index is 744. The lowest BCUT2D eigenvalue weighted by Gasteiger charge is -2.13. The molecule has 118 valence electrons. The minimum Gasteiger partial charge on any atom is -0.394 e. The molecule has 1 aromatic heterocycles. The first-order valence-corrected chi connectivity index (χ1v) is 7.29. The Labute approximate surface area is 133 Å². The number of hydrogen-bond donors (Lipinski definition) is 4. The van der Waals surface area contributed by atoms with Crippen molar-refractivity contribution >= 4 is 29.1 Å². The number of carbonyl (C=O) groups excluding carboxylic acids is 1. The molecule has 6 heteroatoms. The number of rotatable bonds is 5. The number of benzene rings is 1. The summed E-state index contributed by atoms with van der Waals surface area (Å²) in [6.45, 7) is -0.149. The maximum absolute atomic E-state index is 12.2. The first-order chi connectivity index (χ1) is 11.2. The lowest BCUT2D eigenvalue weighted by Crippen LogP contribution is -2.23. The SMILES string of the molecule is O=C1Nc2nccc(NCC(O)CO)c2C1=Cc1ccccc1. The second-order valence-electron chi connectivity index (χ2n) is 5.22. The summed E-state index contributed by atoms with van der Waals surface area (Å²) < 4.78 is 0. The van der Waals surface area contributed by atoms with Gasteiger partial charge in [0.25, 0.3) is 5.91 Å². The highest BCUT2D eigenvalue weighted by Gasteiger charge is 2.28. The van der Waals surface area contributed by atoms with E-state index in [1.807, 2.05) is 30.3 Å². The molecule has 23 heavy (non-hydrogen) atoms. The van der Waals surface area contributed by atoms with Crippen LogP contribution >= 0.6 is 0 Å². The van der Waals surface area contributed by atoms with Crippen LogP contribution in [0.25, 0.3) is 11.6 Å². The molecule has 0 fully saturated rings. The molecule has 2 heterocycles. The van der Waals surface area contributed by atoms with Gasteiger partial charge in [0, 0.05) is 18.4 Å². The van der Waals surface area contributed by atoms with Crippen LogP contribution in [0.2, 0.25) is 0 Å². The van der Waals surface area contributed by atoms with Gasteiger partial charge in [0.2, 0.25) is 0 Å². The van der Waals surface area contributed by atoms with Crippen molar-refractivity contribution in [1.82, 2.24) is 4.98 Å². The van der Waals surface area contributed by atoms with E-state index in [1.165, 1.54) is 0 Å². The lowest BCUT2D eigenvalue weighted by atomic mass is 10.0. The highest BCUT2D eigenvalue weighted by molar-refractivity contribution is 6.35. The summed E-state index contributed by atoms with van der Waals surface area (Å²) in [5, 5.41) is 24.2. The Balaban J connectivity index is 1.97. The van der Waals surface area contributed by atoms with Crippen molar-refractivity contribution in [3.63, 3.8) is 0 Å². The summed E-state index contributed by atoms with van der Waals surface area (Å²) in [7, 11) is 0. The molecule has 1 aliphatic rings. The third-order valence-electron chi connectivity index (χ3n) is 3.55. The van der Waals surface area contributed by atoms with Gasteiger partial charge in [-0.25, -0.2) is 4.98 Å². The topological polar surface area (TPSA) is 94.5 Å². The fourth-order valence-electron chi connectivity index (χ4n) is 2.41. The van der Waals surface area contributed by atoms with Crippen molar-refractivity contribution < 1.29 is 15.0 Å². The van der Waals surface area contributed by atoms with Gasteiger partial charge in [-0.3, -0.25) is 4.79 Å². The van der Waals surface area contributed by atoms with Crippen LogP contribution in [-0.2, 0) is 4.79 Å². The first kappa shape index (κ1) is 15.2. The zero-order valence-electron chi connectivity index (χ0n) is 12.4. The zero-order valence-corrected chi connectivity index (χ0v) is 12.4. The van der Waals surface area contributed by atoms with Gasteiger partial charge in [-0.15, -0.1) is 0 Å². The van der Waals surface area contributed by atoms with E-state index in [0.717, 1.165) is 5.56 Å². The van der Waals surface area contributed by atoms with E-state index in [1.54, 1.807) is 18.3 Å². The summed E-state index contributed by atoms with van der Waals surface area (Å²) in [5.74, 6) is 0.272. The minimum atomic E-state index is -0.870. The summed E-state index contributed by atoms with van der Waals surface area (Å²) >= 11 is 0. The van der Waals surface area contributed by atoms with Crippen molar-refractivity contribution in [2.24, 2.45) is 0 Å². The minimum absolute atomic E-state index is 0.180. The summed E-state index contributed by atoms with van der Waals surface area (Å²) in [6.07, 6.45) is 2.51. The molecule has 1 unspecified atom stereocenters. The van der Waals surface area contributed by atoms with Crippen LogP contribution in [0.15, 0.2) is 42.6 Å². The van der Waals surface area contributed by atoms with Crippen molar-refractivity contribution in [3.05, 3.63) is 53.7 Å². The fourth-order valence-corrected chi connectivity index (χ4v) is 2.41. The Morgan fingerprint density at radius 3 is 2.78 bits per heavy atom. The van der Waals surface area contributed by atoms with E-state index < -0.39 is 6.10 Å². The number of carbonyl (C=O) groups is 1. The molecule has 1 atom stereocenters. The molecule has 1 aromatic carbocycles. The van der Waals surface area contributed by atoms with Gasteiger partial charge in [0.05, 0.1) is 23.8 Å². The van der Waals surface area contributed by atoms with Gasteiger partial charge < -0.3 is 20.8 Å². The third-order valence-corrected chi connectivity index (χ3v) is 3.55. The van der Waals surface area contributed by atoms with E-state index in [-0.39, 0.29) is 19.1 Å². The number of nitrogens with one attached hydrogen (secondary N) is 2. The molecule has 4 N–H and O–H groups in total. The molecule has 1 amide bonds. The number of aromatic nitrogens is 1. The number of pyridine rings is 1. The van der Waals surface area contributed by atoms with E-state index in [0.29, 0.717) is 22.6 Å². The zero-order chi connectivity index (χ0) is 16.2. The molecule has 0 radical (unpaired) electrons. The normalized spacial score (nSPS) is 16.1. The van der Waals surface area contributed by atoms with Crippen molar-refractivity contribution in [2.75, 3.05) is 23.8 Å². The van der Waals surface area contributed by atoms with Gasteiger partial charge in [-0.05, 0) is 17.7 Å². The number of amides is 1. The third kappa shape index (κ3) is 3.23. The molecule has 2 aromatic rings. The lowest BCUT2D eigenvalue weighted by molar-refractivity contribution is -0.110. The maximum atomic E-state index is 12.2. The number of aliphatic hydroxyl groups is 2. The van der Waals surface area contributed by atoms with E-state index in [4.69, 9.17) is 5.11 Å². The van der Waals surface area contributed by atoms with Crippen LogP contribution in [0.3, 0.4) is 0 Å². The van der Waals surface area contributed by atoms with Crippen LogP contribution in [0.4, 0.5) is 11.5 Å². The maximum Gasteiger partial charge on any atom is 0.257 e.